The van der Waals surface area contributed by atoms with Crippen LogP contribution in [0.1, 0.15) is 21.0 Å². The molecule has 0 atom stereocenters. The third kappa shape index (κ3) is 2.94. The highest BCUT2D eigenvalue weighted by Crippen LogP contribution is 2.23. The number of benzene rings is 1. The molecule has 0 aliphatic carbocycles. The molecule has 0 aliphatic rings. The molecule has 0 bridgehead atoms. The van der Waals surface area contributed by atoms with Crippen molar-refractivity contribution in [1.29, 1.82) is 0 Å². The summed E-state index contributed by atoms with van der Waals surface area (Å²) in [5.41, 5.74) is 0.757. The molecule has 2 rings (SSSR count). The van der Waals surface area contributed by atoms with E-state index in [4.69, 9.17) is 11.6 Å². The van der Waals surface area contributed by atoms with Gasteiger partial charge in [-0.05, 0) is 18.2 Å². The van der Waals surface area contributed by atoms with Gasteiger partial charge in [-0.1, -0.05) is 11.6 Å². The number of carbonyl (C=O) groups is 2. The Hall–Kier alpha value is -2.41. The zero-order valence-corrected chi connectivity index (χ0v) is 11.6. The number of anilines is 1. The second kappa shape index (κ2) is 5.70. The van der Waals surface area contributed by atoms with Crippen molar-refractivity contribution in [3.05, 3.63) is 40.9 Å². The lowest BCUT2D eigenvalue weighted by atomic mass is 10.2. The Balaban J connectivity index is 2.25. The maximum absolute atomic E-state index is 11.9. The third-order valence-electron chi connectivity index (χ3n) is 2.50. The summed E-state index contributed by atoms with van der Waals surface area (Å²) in [6.07, 6.45) is 1.22. The van der Waals surface area contributed by atoms with Gasteiger partial charge in [0.25, 0.3) is 11.8 Å². The van der Waals surface area contributed by atoms with Crippen molar-refractivity contribution in [3.63, 3.8) is 0 Å². The van der Waals surface area contributed by atoms with E-state index < -0.39 is 5.91 Å². The topological polar surface area (TPSA) is 91.0 Å². The molecule has 20 heavy (non-hydrogen) atoms. The smallest absolute Gasteiger partial charge is 0.293 e. The van der Waals surface area contributed by atoms with Crippen LogP contribution in [0.15, 0.2) is 24.5 Å². The van der Waals surface area contributed by atoms with Gasteiger partial charge in [0, 0.05) is 19.7 Å². The second-order valence-electron chi connectivity index (χ2n) is 4.18. The molecule has 0 saturated carbocycles. The molecule has 7 nitrogen and oxygen atoms in total. The summed E-state index contributed by atoms with van der Waals surface area (Å²) in [6, 6.07) is 4.65. The first kappa shape index (κ1) is 14.0. The average Bonchev–Trinajstić information content (AvgIpc) is 2.94. The molecule has 0 saturated heterocycles. The molecule has 0 fully saturated rings. The number of nitrogens with one attached hydrogen (secondary N) is 2. The van der Waals surface area contributed by atoms with E-state index in [1.165, 1.54) is 17.3 Å². The number of carbonyl (C=O) groups excluding carboxylic acids is 2. The fraction of sp³-hybridized carbons (Fsp3) is 0.167. The van der Waals surface area contributed by atoms with Crippen LogP contribution in [0.25, 0.3) is 0 Å². The van der Waals surface area contributed by atoms with E-state index in [-0.39, 0.29) is 11.7 Å². The van der Waals surface area contributed by atoms with Crippen molar-refractivity contribution in [2.75, 3.05) is 19.4 Å². The van der Waals surface area contributed by atoms with Crippen LogP contribution in [-0.2, 0) is 0 Å². The van der Waals surface area contributed by atoms with Crippen molar-refractivity contribution in [3.8, 4) is 0 Å². The van der Waals surface area contributed by atoms with Crippen molar-refractivity contribution in [2.24, 2.45) is 0 Å². The Morgan fingerprint density at radius 3 is 2.70 bits per heavy atom. The van der Waals surface area contributed by atoms with Crippen molar-refractivity contribution in [1.82, 2.24) is 20.1 Å². The number of hydrogen-bond donors (Lipinski definition) is 2. The zero-order valence-electron chi connectivity index (χ0n) is 10.8. The van der Waals surface area contributed by atoms with E-state index in [9.17, 15) is 9.59 Å². The Labute approximate surface area is 120 Å². The summed E-state index contributed by atoms with van der Waals surface area (Å²) in [7, 11) is 3.29. The SMILES string of the molecule is CN(C)C(=O)c1ccc(Cl)c(NC(=O)c2ncn[nH]2)c1. The zero-order chi connectivity index (χ0) is 14.7. The van der Waals surface area contributed by atoms with Crippen LogP contribution in [0.4, 0.5) is 5.69 Å². The number of aromatic amines is 1. The van der Waals surface area contributed by atoms with Gasteiger partial charge in [0.05, 0.1) is 10.7 Å². The first-order valence-electron chi connectivity index (χ1n) is 5.67. The maximum Gasteiger partial charge on any atom is 0.293 e. The summed E-state index contributed by atoms with van der Waals surface area (Å²) in [4.78, 5) is 28.9. The van der Waals surface area contributed by atoms with Gasteiger partial charge in [0.1, 0.15) is 6.33 Å². The molecule has 0 spiro atoms. The number of hydrogen-bond acceptors (Lipinski definition) is 4. The summed E-state index contributed by atoms with van der Waals surface area (Å²) in [6.45, 7) is 0. The summed E-state index contributed by atoms with van der Waals surface area (Å²) in [5.74, 6) is -0.610. The molecule has 1 aromatic carbocycles. The number of aromatic nitrogens is 3. The van der Waals surface area contributed by atoms with E-state index >= 15 is 0 Å². The normalized spacial score (nSPS) is 10.2. The highest BCUT2D eigenvalue weighted by molar-refractivity contribution is 6.34. The van der Waals surface area contributed by atoms with Crippen LogP contribution in [0, 0.1) is 0 Å². The summed E-state index contributed by atoms with van der Waals surface area (Å²) in [5, 5.41) is 8.92. The lowest BCUT2D eigenvalue weighted by Crippen LogP contribution is -2.22. The number of nitrogens with zero attached hydrogens (tertiary/aromatic N) is 3. The molecule has 1 aromatic heterocycles. The highest BCUT2D eigenvalue weighted by atomic mass is 35.5. The number of halogens is 1. The van der Waals surface area contributed by atoms with Gasteiger partial charge in [0.2, 0.25) is 5.82 Å². The molecule has 2 N–H and O–H groups in total. The van der Waals surface area contributed by atoms with Crippen LogP contribution >= 0.6 is 11.6 Å². The first-order chi connectivity index (χ1) is 9.49. The van der Waals surface area contributed by atoms with Gasteiger partial charge in [-0.2, -0.15) is 5.10 Å². The monoisotopic (exact) mass is 293 g/mol. The van der Waals surface area contributed by atoms with Crippen molar-refractivity contribution >= 4 is 29.1 Å². The van der Waals surface area contributed by atoms with Gasteiger partial charge in [-0.15, -0.1) is 0 Å². The standard InChI is InChI=1S/C12H12ClN5O2/c1-18(2)12(20)7-3-4-8(13)9(5-7)16-11(19)10-14-6-15-17-10/h3-6H,1-2H3,(H,16,19)(H,14,15,17). The minimum absolute atomic E-state index is 0.0606. The molecule has 2 amide bonds. The quantitative estimate of drug-likeness (QED) is 0.895. The molecular formula is C12H12ClN5O2. The van der Waals surface area contributed by atoms with E-state index in [0.29, 0.717) is 16.3 Å². The van der Waals surface area contributed by atoms with Gasteiger partial charge in [0.15, 0.2) is 0 Å². The van der Waals surface area contributed by atoms with E-state index in [2.05, 4.69) is 20.5 Å². The molecule has 2 aromatic rings. The predicted octanol–water partition coefficient (Wildman–Crippen LogP) is 1.41. The maximum atomic E-state index is 11.9. The lowest BCUT2D eigenvalue weighted by Gasteiger charge is -2.12. The summed E-state index contributed by atoms with van der Waals surface area (Å²) < 4.78 is 0. The molecule has 104 valence electrons. The third-order valence-corrected chi connectivity index (χ3v) is 2.83. The number of H-pyrrole nitrogens is 1. The highest BCUT2D eigenvalue weighted by Gasteiger charge is 2.14. The Morgan fingerprint density at radius 2 is 2.10 bits per heavy atom. The van der Waals surface area contributed by atoms with E-state index in [1.54, 1.807) is 26.2 Å². The largest absolute Gasteiger partial charge is 0.345 e. The molecular weight excluding hydrogens is 282 g/mol. The van der Waals surface area contributed by atoms with E-state index in [0.717, 1.165) is 0 Å². The van der Waals surface area contributed by atoms with Crippen LogP contribution in [0.2, 0.25) is 5.02 Å². The average molecular weight is 294 g/mol. The van der Waals surface area contributed by atoms with Gasteiger partial charge >= 0.3 is 0 Å². The second-order valence-corrected chi connectivity index (χ2v) is 4.59. The molecule has 0 radical (unpaired) electrons. The Kier molecular flexibility index (Phi) is 3.99. The lowest BCUT2D eigenvalue weighted by molar-refractivity contribution is 0.0827. The fourth-order valence-electron chi connectivity index (χ4n) is 1.51. The fourth-order valence-corrected chi connectivity index (χ4v) is 1.67. The number of rotatable bonds is 3. The first-order valence-corrected chi connectivity index (χ1v) is 6.04. The van der Waals surface area contributed by atoms with E-state index in [1.807, 2.05) is 0 Å². The van der Waals surface area contributed by atoms with Crippen LogP contribution < -0.4 is 5.32 Å². The molecule has 1 heterocycles. The van der Waals surface area contributed by atoms with Crippen molar-refractivity contribution < 1.29 is 9.59 Å². The Bertz CT molecular complexity index is 639. The van der Waals surface area contributed by atoms with Gasteiger partial charge < -0.3 is 10.2 Å². The van der Waals surface area contributed by atoms with Crippen LogP contribution in [-0.4, -0.2) is 46.0 Å². The number of amides is 2. The molecule has 8 heteroatoms. The van der Waals surface area contributed by atoms with Crippen molar-refractivity contribution in [2.45, 2.75) is 0 Å². The minimum atomic E-state index is -0.487. The van der Waals surface area contributed by atoms with Crippen LogP contribution in [0.5, 0.6) is 0 Å². The van der Waals surface area contributed by atoms with Gasteiger partial charge in [-0.25, -0.2) is 4.98 Å². The predicted molar refractivity (Wildman–Crippen MR) is 73.8 cm³/mol. The van der Waals surface area contributed by atoms with Gasteiger partial charge in [-0.3, -0.25) is 14.7 Å². The molecule has 0 aliphatic heterocycles. The Morgan fingerprint density at radius 1 is 1.35 bits per heavy atom. The molecule has 0 unspecified atom stereocenters. The minimum Gasteiger partial charge on any atom is -0.345 e. The van der Waals surface area contributed by atoms with Crippen LogP contribution in [0.3, 0.4) is 0 Å². The summed E-state index contributed by atoms with van der Waals surface area (Å²) >= 11 is 6.00.